The van der Waals surface area contributed by atoms with E-state index in [4.69, 9.17) is 16.3 Å². The van der Waals surface area contributed by atoms with Gasteiger partial charge in [0.05, 0.1) is 24.4 Å². The minimum atomic E-state index is -0.196. The zero-order chi connectivity index (χ0) is 19.2. The molecule has 0 aromatic heterocycles. The highest BCUT2D eigenvalue weighted by Crippen LogP contribution is 2.34. The third-order valence-electron chi connectivity index (χ3n) is 4.29. The number of nitrogens with one attached hydrogen (secondary N) is 1. The summed E-state index contributed by atoms with van der Waals surface area (Å²) >= 11 is 5.99. The zero-order valence-electron chi connectivity index (χ0n) is 15.1. The van der Waals surface area contributed by atoms with Crippen LogP contribution in [0, 0.1) is 0 Å². The maximum Gasteiger partial charge on any atom is 0.259 e. The van der Waals surface area contributed by atoms with Crippen molar-refractivity contribution in [1.29, 1.82) is 0 Å². The number of ether oxygens (including phenoxy) is 1. The van der Waals surface area contributed by atoms with E-state index in [1.807, 2.05) is 25.1 Å². The highest BCUT2D eigenvalue weighted by Gasteiger charge is 2.18. The molecule has 1 amide bonds. The van der Waals surface area contributed by atoms with Crippen LogP contribution in [0.2, 0.25) is 5.02 Å². The molecule has 0 unspecified atom stereocenters. The van der Waals surface area contributed by atoms with Gasteiger partial charge in [-0.15, -0.1) is 0 Å². The Labute approximate surface area is 163 Å². The van der Waals surface area contributed by atoms with Crippen molar-refractivity contribution in [3.05, 3.63) is 52.5 Å². The van der Waals surface area contributed by atoms with Crippen molar-refractivity contribution in [3.8, 4) is 11.5 Å². The van der Waals surface area contributed by atoms with Crippen LogP contribution in [0.15, 0.2) is 41.5 Å². The number of aromatic hydroxyl groups is 1. The molecule has 2 N–H and O–H groups in total. The van der Waals surface area contributed by atoms with E-state index in [0.29, 0.717) is 12.2 Å². The second-order valence-electron chi connectivity index (χ2n) is 6.23. The summed E-state index contributed by atoms with van der Waals surface area (Å²) in [6.45, 7) is 3.31. The van der Waals surface area contributed by atoms with E-state index < -0.39 is 0 Å². The summed E-state index contributed by atoms with van der Waals surface area (Å²) in [6, 6.07) is 11.3. The van der Waals surface area contributed by atoms with Crippen molar-refractivity contribution >= 4 is 29.4 Å². The largest absolute Gasteiger partial charge is 0.503 e. The molecule has 2 aromatic carbocycles. The molecule has 0 radical (unpaired) electrons. The number of aryl methyl sites for hydroxylation is 1. The number of benzene rings is 2. The van der Waals surface area contributed by atoms with Crippen LogP contribution < -0.4 is 15.1 Å². The van der Waals surface area contributed by atoms with Crippen LogP contribution in [0.5, 0.6) is 11.5 Å². The molecule has 1 aliphatic rings. The summed E-state index contributed by atoms with van der Waals surface area (Å²) < 4.78 is 5.33. The molecule has 3 rings (SSSR count). The molecule has 1 heterocycles. The van der Waals surface area contributed by atoms with E-state index in [-0.39, 0.29) is 29.0 Å². The lowest BCUT2D eigenvalue weighted by Gasteiger charge is -2.30. The van der Waals surface area contributed by atoms with Gasteiger partial charge in [-0.25, -0.2) is 5.43 Å². The first kappa shape index (κ1) is 19.0. The standard InChI is InChI=1S/C20H22ClN3O3/c1-2-27-18-11-14(10-16(21)20(18)26)12-22-23-19(25)13-24-9-5-7-15-6-3-4-8-17(15)24/h3-4,6,8,10-12,26H,2,5,7,9,13H2,1H3,(H,23,25)/b22-12+. The molecule has 0 saturated heterocycles. The average Bonchev–Trinajstić information content (AvgIpc) is 2.66. The van der Waals surface area contributed by atoms with Crippen LogP contribution in [0.25, 0.3) is 0 Å². The van der Waals surface area contributed by atoms with E-state index >= 15 is 0 Å². The lowest BCUT2D eigenvalue weighted by molar-refractivity contribution is -0.119. The maximum absolute atomic E-state index is 12.2. The summed E-state index contributed by atoms with van der Waals surface area (Å²) in [4.78, 5) is 14.3. The van der Waals surface area contributed by atoms with E-state index in [0.717, 1.165) is 25.1 Å². The predicted molar refractivity (Wildman–Crippen MR) is 107 cm³/mol. The maximum atomic E-state index is 12.2. The molecule has 0 bridgehead atoms. The number of rotatable bonds is 6. The smallest absolute Gasteiger partial charge is 0.259 e. The number of phenols is 1. The summed E-state index contributed by atoms with van der Waals surface area (Å²) in [7, 11) is 0. The number of fused-ring (bicyclic) bond motifs is 1. The third-order valence-corrected chi connectivity index (χ3v) is 4.58. The number of carbonyl (C=O) groups is 1. The van der Waals surface area contributed by atoms with Gasteiger partial charge in [0.1, 0.15) is 0 Å². The van der Waals surface area contributed by atoms with Gasteiger partial charge in [-0.3, -0.25) is 4.79 Å². The number of nitrogens with zero attached hydrogens (tertiary/aromatic N) is 2. The Morgan fingerprint density at radius 2 is 2.22 bits per heavy atom. The van der Waals surface area contributed by atoms with E-state index in [1.165, 1.54) is 11.8 Å². The second-order valence-corrected chi connectivity index (χ2v) is 6.64. The quantitative estimate of drug-likeness (QED) is 0.589. The topological polar surface area (TPSA) is 74.2 Å². The van der Waals surface area contributed by atoms with Crippen LogP contribution in [-0.4, -0.2) is 36.9 Å². The molecular weight excluding hydrogens is 366 g/mol. The van der Waals surface area contributed by atoms with Gasteiger partial charge >= 0.3 is 0 Å². The molecule has 27 heavy (non-hydrogen) atoms. The van der Waals surface area contributed by atoms with Crippen molar-refractivity contribution in [1.82, 2.24) is 5.43 Å². The number of phenolic OH excluding ortho intramolecular Hbond substituents is 1. The lowest BCUT2D eigenvalue weighted by Crippen LogP contribution is -2.38. The fraction of sp³-hybridized carbons (Fsp3) is 0.300. The van der Waals surface area contributed by atoms with Crippen molar-refractivity contribution in [2.45, 2.75) is 19.8 Å². The van der Waals surface area contributed by atoms with Crippen LogP contribution in [0.4, 0.5) is 5.69 Å². The molecule has 0 aliphatic carbocycles. The Kier molecular flexibility index (Phi) is 6.19. The molecule has 0 fully saturated rings. The Morgan fingerprint density at radius 1 is 1.41 bits per heavy atom. The predicted octanol–water partition coefficient (Wildman–Crippen LogP) is 3.35. The number of hydrogen-bond donors (Lipinski definition) is 2. The Balaban J connectivity index is 1.61. The summed E-state index contributed by atoms with van der Waals surface area (Å²) in [6.07, 6.45) is 3.53. The SMILES string of the molecule is CCOc1cc(/C=N/NC(=O)CN2CCCc3ccccc32)cc(Cl)c1O. The highest BCUT2D eigenvalue weighted by atomic mass is 35.5. The lowest BCUT2D eigenvalue weighted by atomic mass is 10.0. The first-order valence-corrected chi connectivity index (χ1v) is 9.26. The number of amides is 1. The number of halogens is 1. The first-order valence-electron chi connectivity index (χ1n) is 8.88. The molecule has 0 spiro atoms. The Morgan fingerprint density at radius 3 is 3.04 bits per heavy atom. The van der Waals surface area contributed by atoms with E-state index in [1.54, 1.807) is 12.1 Å². The van der Waals surface area contributed by atoms with Crippen LogP contribution >= 0.6 is 11.6 Å². The van der Waals surface area contributed by atoms with Crippen molar-refractivity contribution < 1.29 is 14.6 Å². The van der Waals surface area contributed by atoms with Crippen molar-refractivity contribution in [2.75, 3.05) is 24.6 Å². The second kappa shape index (κ2) is 8.77. The van der Waals surface area contributed by atoms with Gasteiger partial charge < -0.3 is 14.7 Å². The summed E-state index contributed by atoms with van der Waals surface area (Å²) in [5.41, 5.74) is 5.52. The van der Waals surface area contributed by atoms with E-state index in [9.17, 15) is 9.90 Å². The molecule has 2 aromatic rings. The van der Waals surface area contributed by atoms with E-state index in [2.05, 4.69) is 21.5 Å². The van der Waals surface area contributed by atoms with Crippen LogP contribution in [0.1, 0.15) is 24.5 Å². The Hall–Kier alpha value is -2.73. The number of para-hydroxylation sites is 1. The number of anilines is 1. The van der Waals surface area contributed by atoms with Gasteiger partial charge in [0.2, 0.25) is 0 Å². The van der Waals surface area contributed by atoms with Crippen LogP contribution in [0.3, 0.4) is 0 Å². The number of hydrogen-bond acceptors (Lipinski definition) is 5. The summed E-state index contributed by atoms with van der Waals surface area (Å²) in [5.74, 6) is -0.0240. The zero-order valence-corrected chi connectivity index (χ0v) is 15.9. The van der Waals surface area contributed by atoms with Gasteiger partial charge in [0.25, 0.3) is 5.91 Å². The van der Waals surface area contributed by atoms with Gasteiger partial charge in [-0.1, -0.05) is 29.8 Å². The summed E-state index contributed by atoms with van der Waals surface area (Å²) in [5, 5.41) is 14.0. The van der Waals surface area contributed by atoms with Crippen molar-refractivity contribution in [2.24, 2.45) is 5.10 Å². The highest BCUT2D eigenvalue weighted by molar-refractivity contribution is 6.32. The monoisotopic (exact) mass is 387 g/mol. The molecular formula is C20H22ClN3O3. The van der Waals surface area contributed by atoms with Gasteiger partial charge in [0.15, 0.2) is 11.5 Å². The molecule has 142 valence electrons. The molecule has 0 saturated carbocycles. The number of hydrazone groups is 1. The fourth-order valence-corrected chi connectivity index (χ4v) is 3.32. The molecule has 7 heteroatoms. The molecule has 0 atom stereocenters. The fourth-order valence-electron chi connectivity index (χ4n) is 3.10. The van der Waals surface area contributed by atoms with Crippen LogP contribution in [-0.2, 0) is 11.2 Å². The normalized spacial score (nSPS) is 13.5. The van der Waals surface area contributed by atoms with Gasteiger partial charge in [-0.05, 0) is 49.1 Å². The Bertz CT molecular complexity index is 854. The first-order chi connectivity index (χ1) is 13.1. The molecule has 1 aliphatic heterocycles. The third kappa shape index (κ3) is 4.71. The minimum absolute atomic E-state index is 0.108. The molecule has 6 nitrogen and oxygen atoms in total. The minimum Gasteiger partial charge on any atom is -0.503 e. The van der Waals surface area contributed by atoms with Gasteiger partial charge in [0, 0.05) is 12.2 Å². The van der Waals surface area contributed by atoms with Crippen molar-refractivity contribution in [3.63, 3.8) is 0 Å². The van der Waals surface area contributed by atoms with Gasteiger partial charge in [-0.2, -0.15) is 5.10 Å². The average molecular weight is 388 g/mol. The number of carbonyl (C=O) groups excluding carboxylic acids is 1.